The van der Waals surface area contributed by atoms with Gasteiger partial charge in [0.15, 0.2) is 6.29 Å². The predicted octanol–water partition coefficient (Wildman–Crippen LogP) is 2.13. The Morgan fingerprint density at radius 3 is 2.00 bits per heavy atom. The van der Waals surface area contributed by atoms with Crippen LogP contribution in [0.25, 0.3) is 0 Å². The summed E-state index contributed by atoms with van der Waals surface area (Å²) >= 11 is 0. The summed E-state index contributed by atoms with van der Waals surface area (Å²) in [5.74, 6) is 0. The first-order valence-corrected chi connectivity index (χ1v) is 6.81. The van der Waals surface area contributed by atoms with Gasteiger partial charge in [-0.2, -0.15) is 0 Å². The highest BCUT2D eigenvalue weighted by atomic mass is 16.7. The average Bonchev–Trinajstić information content (AvgIpc) is 2.34. The molecule has 0 heterocycles. The second kappa shape index (κ2) is 12.3. The standard InChI is InChI=1S/C13H29NO3/c1-5-14(11-12-15-6-2)10-9-13(16-7-3)17-8-4/h13H,5-12H2,1-4H3. The minimum atomic E-state index is -0.0638. The van der Waals surface area contributed by atoms with E-state index in [1.165, 1.54) is 0 Å². The van der Waals surface area contributed by atoms with Crippen molar-refractivity contribution in [3.05, 3.63) is 0 Å². The summed E-state index contributed by atoms with van der Waals surface area (Å²) in [4.78, 5) is 2.36. The van der Waals surface area contributed by atoms with Crippen molar-refractivity contribution in [3.63, 3.8) is 0 Å². The highest BCUT2D eigenvalue weighted by Crippen LogP contribution is 2.03. The highest BCUT2D eigenvalue weighted by molar-refractivity contribution is 4.57. The van der Waals surface area contributed by atoms with E-state index in [1.807, 2.05) is 20.8 Å². The lowest BCUT2D eigenvalue weighted by Crippen LogP contribution is -2.32. The molecule has 0 rings (SSSR count). The fraction of sp³-hybridized carbons (Fsp3) is 1.00. The minimum Gasteiger partial charge on any atom is -0.380 e. The van der Waals surface area contributed by atoms with Crippen LogP contribution in [0.1, 0.15) is 34.1 Å². The molecule has 0 saturated heterocycles. The third-order valence-electron chi connectivity index (χ3n) is 2.59. The molecule has 0 aliphatic rings. The van der Waals surface area contributed by atoms with E-state index < -0.39 is 0 Å². The molecule has 0 fully saturated rings. The SMILES string of the molecule is CCOCCN(CC)CCC(OCC)OCC. The molecular formula is C13H29NO3. The minimum absolute atomic E-state index is 0.0638. The zero-order chi connectivity index (χ0) is 12.9. The fourth-order valence-corrected chi connectivity index (χ4v) is 1.64. The lowest BCUT2D eigenvalue weighted by atomic mass is 10.3. The van der Waals surface area contributed by atoms with Gasteiger partial charge in [-0.05, 0) is 27.3 Å². The summed E-state index contributed by atoms with van der Waals surface area (Å²) in [7, 11) is 0. The molecule has 0 bridgehead atoms. The fourth-order valence-electron chi connectivity index (χ4n) is 1.64. The van der Waals surface area contributed by atoms with Gasteiger partial charge in [0.1, 0.15) is 0 Å². The van der Waals surface area contributed by atoms with Crippen LogP contribution >= 0.6 is 0 Å². The van der Waals surface area contributed by atoms with Gasteiger partial charge in [0.25, 0.3) is 0 Å². The molecule has 4 heteroatoms. The van der Waals surface area contributed by atoms with Crippen LogP contribution in [0, 0.1) is 0 Å². The van der Waals surface area contributed by atoms with Gasteiger partial charge in [0.05, 0.1) is 6.61 Å². The van der Waals surface area contributed by atoms with Gasteiger partial charge in [-0.1, -0.05) is 6.92 Å². The molecule has 0 aliphatic carbocycles. The molecule has 4 nitrogen and oxygen atoms in total. The Hall–Kier alpha value is -0.160. The number of rotatable bonds is 12. The quantitative estimate of drug-likeness (QED) is 0.390. The third-order valence-corrected chi connectivity index (χ3v) is 2.59. The van der Waals surface area contributed by atoms with E-state index in [1.54, 1.807) is 0 Å². The lowest BCUT2D eigenvalue weighted by molar-refractivity contribution is -0.141. The molecule has 0 aromatic heterocycles. The molecule has 0 radical (unpaired) electrons. The van der Waals surface area contributed by atoms with Crippen molar-refractivity contribution >= 4 is 0 Å². The summed E-state index contributed by atoms with van der Waals surface area (Å²) in [5.41, 5.74) is 0. The molecule has 0 aliphatic heterocycles. The van der Waals surface area contributed by atoms with Crippen molar-refractivity contribution in [2.45, 2.75) is 40.4 Å². The van der Waals surface area contributed by atoms with Crippen molar-refractivity contribution in [2.24, 2.45) is 0 Å². The van der Waals surface area contributed by atoms with E-state index in [0.717, 1.165) is 39.3 Å². The van der Waals surface area contributed by atoms with Gasteiger partial charge in [-0.3, -0.25) is 0 Å². The van der Waals surface area contributed by atoms with Crippen LogP contribution in [0.15, 0.2) is 0 Å². The van der Waals surface area contributed by atoms with Crippen LogP contribution in [-0.4, -0.2) is 57.3 Å². The summed E-state index contributed by atoms with van der Waals surface area (Å²) in [6.45, 7) is 14.2. The summed E-state index contributed by atoms with van der Waals surface area (Å²) in [6.07, 6.45) is 0.855. The Morgan fingerprint density at radius 2 is 1.53 bits per heavy atom. The molecule has 0 spiro atoms. The molecule has 0 aromatic carbocycles. The zero-order valence-electron chi connectivity index (χ0n) is 11.9. The van der Waals surface area contributed by atoms with Gasteiger partial charge in [-0.25, -0.2) is 0 Å². The van der Waals surface area contributed by atoms with E-state index in [9.17, 15) is 0 Å². The summed E-state index contributed by atoms with van der Waals surface area (Å²) in [6, 6.07) is 0. The largest absolute Gasteiger partial charge is 0.380 e. The van der Waals surface area contributed by atoms with Crippen LogP contribution in [0.2, 0.25) is 0 Å². The predicted molar refractivity (Wildman–Crippen MR) is 70.3 cm³/mol. The number of likely N-dealkylation sites (N-methyl/N-ethyl adjacent to an activating group) is 1. The van der Waals surface area contributed by atoms with Crippen molar-refractivity contribution in [1.82, 2.24) is 4.90 Å². The first-order valence-electron chi connectivity index (χ1n) is 6.81. The first-order chi connectivity index (χ1) is 8.28. The smallest absolute Gasteiger partial charge is 0.158 e. The second-order valence-electron chi connectivity index (χ2n) is 3.76. The van der Waals surface area contributed by atoms with Gasteiger partial charge in [0.2, 0.25) is 0 Å². The molecule has 0 aromatic rings. The van der Waals surface area contributed by atoms with E-state index in [0.29, 0.717) is 13.2 Å². The Kier molecular flexibility index (Phi) is 12.2. The molecule has 104 valence electrons. The van der Waals surface area contributed by atoms with E-state index in [2.05, 4.69) is 11.8 Å². The zero-order valence-corrected chi connectivity index (χ0v) is 11.9. The molecule has 0 amide bonds. The number of ether oxygens (including phenoxy) is 3. The van der Waals surface area contributed by atoms with E-state index >= 15 is 0 Å². The maximum atomic E-state index is 5.52. The van der Waals surface area contributed by atoms with Crippen molar-refractivity contribution in [3.8, 4) is 0 Å². The Bertz CT molecular complexity index is 150. The topological polar surface area (TPSA) is 30.9 Å². The van der Waals surface area contributed by atoms with Gasteiger partial charge in [0, 0.05) is 39.3 Å². The average molecular weight is 247 g/mol. The van der Waals surface area contributed by atoms with Crippen molar-refractivity contribution in [2.75, 3.05) is 46.1 Å². The van der Waals surface area contributed by atoms with Crippen LogP contribution in [0.5, 0.6) is 0 Å². The van der Waals surface area contributed by atoms with Gasteiger partial charge in [-0.15, -0.1) is 0 Å². The molecule has 0 saturated carbocycles. The van der Waals surface area contributed by atoms with Crippen LogP contribution in [0.3, 0.4) is 0 Å². The van der Waals surface area contributed by atoms with Crippen molar-refractivity contribution in [1.29, 1.82) is 0 Å². The van der Waals surface area contributed by atoms with Crippen LogP contribution < -0.4 is 0 Å². The summed E-state index contributed by atoms with van der Waals surface area (Å²) in [5, 5.41) is 0. The Balaban J connectivity index is 3.75. The lowest BCUT2D eigenvalue weighted by Gasteiger charge is -2.23. The highest BCUT2D eigenvalue weighted by Gasteiger charge is 2.10. The second-order valence-corrected chi connectivity index (χ2v) is 3.76. The molecule has 17 heavy (non-hydrogen) atoms. The normalized spacial score (nSPS) is 11.6. The van der Waals surface area contributed by atoms with Crippen LogP contribution in [0.4, 0.5) is 0 Å². The number of nitrogens with zero attached hydrogens (tertiary/aromatic N) is 1. The molecule has 0 unspecified atom stereocenters. The van der Waals surface area contributed by atoms with Crippen molar-refractivity contribution < 1.29 is 14.2 Å². The summed E-state index contributed by atoms with van der Waals surface area (Å²) < 4.78 is 16.4. The number of hydrogen-bond donors (Lipinski definition) is 0. The Labute approximate surface area is 106 Å². The third kappa shape index (κ3) is 9.53. The number of hydrogen-bond acceptors (Lipinski definition) is 4. The van der Waals surface area contributed by atoms with Crippen LogP contribution in [-0.2, 0) is 14.2 Å². The van der Waals surface area contributed by atoms with Gasteiger partial charge >= 0.3 is 0 Å². The first kappa shape index (κ1) is 16.8. The maximum absolute atomic E-state index is 5.52. The van der Waals surface area contributed by atoms with Gasteiger partial charge < -0.3 is 19.1 Å². The Morgan fingerprint density at radius 1 is 0.882 bits per heavy atom. The molecular weight excluding hydrogens is 218 g/mol. The molecule has 0 N–H and O–H groups in total. The monoisotopic (exact) mass is 247 g/mol. The van der Waals surface area contributed by atoms with E-state index in [4.69, 9.17) is 14.2 Å². The molecule has 0 atom stereocenters. The van der Waals surface area contributed by atoms with E-state index in [-0.39, 0.29) is 6.29 Å². The maximum Gasteiger partial charge on any atom is 0.158 e.